The summed E-state index contributed by atoms with van der Waals surface area (Å²) in [7, 11) is 0. The molecule has 2 fully saturated rings. The van der Waals surface area contributed by atoms with Gasteiger partial charge in [0.2, 0.25) is 0 Å². The van der Waals surface area contributed by atoms with Gasteiger partial charge in [-0.25, -0.2) is 4.98 Å². The number of nitrogens with zero attached hydrogens (tertiary/aromatic N) is 1. The van der Waals surface area contributed by atoms with Crippen LogP contribution in [-0.4, -0.2) is 75.6 Å². The Morgan fingerprint density at radius 3 is 2.73 bits per heavy atom. The molecule has 0 aromatic carbocycles. The number of carbonyl (C=O) groups excluding carboxylic acids is 1. The number of epoxide rings is 1. The van der Waals surface area contributed by atoms with Crippen LogP contribution in [0.4, 0.5) is 0 Å². The van der Waals surface area contributed by atoms with Crippen molar-refractivity contribution in [3.05, 3.63) is 22.7 Å². The van der Waals surface area contributed by atoms with E-state index in [0.29, 0.717) is 24.3 Å². The van der Waals surface area contributed by atoms with Crippen LogP contribution in [0.2, 0.25) is 0 Å². The Morgan fingerprint density at radius 1 is 1.37 bits per heavy atom. The van der Waals surface area contributed by atoms with E-state index in [1.54, 1.807) is 19.2 Å². The van der Waals surface area contributed by atoms with E-state index < -0.39 is 24.4 Å². The molecule has 3 heterocycles. The molecule has 7 nitrogen and oxygen atoms in total. The zero-order valence-corrected chi connectivity index (χ0v) is 19.4. The number of aliphatic hydroxyl groups excluding tert-OH is 3. The molecule has 0 saturated carbocycles. The van der Waals surface area contributed by atoms with Gasteiger partial charge in [-0.2, -0.15) is 0 Å². The molecule has 0 amide bonds. The Hall–Kier alpha value is -0.810. The Balaban J connectivity index is 1.51. The number of aromatic nitrogens is 1. The lowest BCUT2D eigenvalue weighted by atomic mass is 9.85. The molecule has 30 heavy (non-hydrogen) atoms. The van der Waals surface area contributed by atoms with Crippen molar-refractivity contribution < 1.29 is 29.6 Å². The van der Waals surface area contributed by atoms with Crippen LogP contribution in [0.1, 0.15) is 43.3 Å². The van der Waals surface area contributed by atoms with Gasteiger partial charge in [0.1, 0.15) is 10.4 Å². The minimum Gasteiger partial charge on any atom is -0.393 e. The third-order valence-corrected chi connectivity index (χ3v) is 7.99. The lowest BCUT2D eigenvalue weighted by Crippen LogP contribution is -2.50. The minimum absolute atomic E-state index is 0.0124. The number of aliphatic hydroxyl groups is 3. The maximum Gasteiger partial charge on any atom is 0.197 e. The van der Waals surface area contributed by atoms with Gasteiger partial charge in [0.25, 0.3) is 0 Å². The second-order valence-electron chi connectivity index (χ2n) is 8.34. The molecule has 0 bridgehead atoms. The average Bonchev–Trinajstić information content (AvgIpc) is 3.29. The summed E-state index contributed by atoms with van der Waals surface area (Å²) in [5, 5.41) is 30.8. The largest absolute Gasteiger partial charge is 0.393 e. The smallest absolute Gasteiger partial charge is 0.197 e. The SMILES string of the molecule is CSc1ncc(C(=O)/C=C(\C)C[C@@H]2OC[C@H](C[C@H]3O[C@H]3[C@@H](C)[C@H](C)O)[C@@H](O)[C@H]2O)s1. The quantitative estimate of drug-likeness (QED) is 0.224. The lowest BCUT2D eigenvalue weighted by molar-refractivity contribution is -0.165. The molecule has 0 unspecified atom stereocenters. The maximum atomic E-state index is 12.4. The molecule has 8 atom stereocenters. The van der Waals surface area contributed by atoms with Gasteiger partial charge in [-0.3, -0.25) is 4.79 Å². The topological polar surface area (TPSA) is 112 Å². The van der Waals surface area contributed by atoms with Crippen LogP contribution in [0.5, 0.6) is 0 Å². The van der Waals surface area contributed by atoms with E-state index in [1.165, 1.54) is 23.1 Å². The van der Waals surface area contributed by atoms with Crippen molar-refractivity contribution in [2.75, 3.05) is 12.9 Å². The molecule has 0 aliphatic carbocycles. The van der Waals surface area contributed by atoms with Crippen molar-refractivity contribution in [2.45, 2.75) is 74.6 Å². The van der Waals surface area contributed by atoms with Crippen molar-refractivity contribution in [1.29, 1.82) is 0 Å². The highest BCUT2D eigenvalue weighted by Crippen LogP contribution is 2.38. The summed E-state index contributed by atoms with van der Waals surface area (Å²) >= 11 is 2.85. The van der Waals surface area contributed by atoms with Crippen molar-refractivity contribution in [2.24, 2.45) is 11.8 Å². The lowest BCUT2D eigenvalue weighted by Gasteiger charge is -2.38. The molecule has 2 aliphatic heterocycles. The van der Waals surface area contributed by atoms with Crippen molar-refractivity contribution >= 4 is 28.9 Å². The number of thiazole rings is 1. The third kappa shape index (κ3) is 5.70. The van der Waals surface area contributed by atoms with Crippen LogP contribution < -0.4 is 0 Å². The van der Waals surface area contributed by atoms with Crippen molar-refractivity contribution in [3.63, 3.8) is 0 Å². The molecule has 168 valence electrons. The summed E-state index contributed by atoms with van der Waals surface area (Å²) in [5.74, 6) is -0.302. The van der Waals surface area contributed by atoms with E-state index in [9.17, 15) is 20.1 Å². The molecule has 1 aromatic rings. The predicted octanol–water partition coefficient (Wildman–Crippen LogP) is 2.30. The fourth-order valence-electron chi connectivity index (χ4n) is 3.85. The normalized spacial score (nSPS) is 33.9. The van der Waals surface area contributed by atoms with Gasteiger partial charge >= 0.3 is 0 Å². The Kier molecular flexibility index (Phi) is 8.11. The third-order valence-electron chi connectivity index (χ3n) is 5.98. The first-order valence-electron chi connectivity index (χ1n) is 10.2. The summed E-state index contributed by atoms with van der Waals surface area (Å²) in [5.41, 5.74) is 0.783. The Morgan fingerprint density at radius 2 is 2.10 bits per heavy atom. The molecule has 2 aliphatic rings. The van der Waals surface area contributed by atoms with E-state index in [-0.39, 0.29) is 29.8 Å². The highest BCUT2D eigenvalue weighted by Gasteiger charge is 2.48. The Labute approximate surface area is 185 Å². The van der Waals surface area contributed by atoms with Gasteiger partial charge < -0.3 is 24.8 Å². The fraction of sp³-hybridized carbons (Fsp3) is 0.714. The number of carbonyl (C=O) groups is 1. The van der Waals surface area contributed by atoms with Gasteiger partial charge in [-0.15, -0.1) is 11.3 Å². The van der Waals surface area contributed by atoms with E-state index in [0.717, 1.165) is 9.91 Å². The fourth-order valence-corrected chi connectivity index (χ4v) is 5.17. The van der Waals surface area contributed by atoms with Gasteiger partial charge in [-0.1, -0.05) is 24.3 Å². The Bertz CT molecular complexity index is 766. The number of allylic oxidation sites excluding steroid dienone is 1. The van der Waals surface area contributed by atoms with E-state index in [1.807, 2.05) is 20.1 Å². The summed E-state index contributed by atoms with van der Waals surface area (Å²) in [6.07, 6.45) is 3.01. The number of ether oxygens (including phenoxy) is 2. The highest BCUT2D eigenvalue weighted by molar-refractivity contribution is 8.00. The molecule has 3 rings (SSSR count). The van der Waals surface area contributed by atoms with Crippen LogP contribution in [0.25, 0.3) is 0 Å². The molecular formula is C21H31NO6S2. The number of hydrogen-bond acceptors (Lipinski definition) is 9. The summed E-state index contributed by atoms with van der Waals surface area (Å²) in [4.78, 5) is 17.1. The highest BCUT2D eigenvalue weighted by atomic mass is 32.2. The van der Waals surface area contributed by atoms with Crippen molar-refractivity contribution in [3.8, 4) is 0 Å². The maximum absolute atomic E-state index is 12.4. The molecule has 0 radical (unpaired) electrons. The number of ketones is 1. The molecular weight excluding hydrogens is 426 g/mol. The van der Waals surface area contributed by atoms with Crippen LogP contribution in [0.3, 0.4) is 0 Å². The number of thioether (sulfide) groups is 1. The molecule has 1 aromatic heterocycles. The second-order valence-corrected chi connectivity index (χ2v) is 10.4. The van der Waals surface area contributed by atoms with Crippen molar-refractivity contribution in [1.82, 2.24) is 4.98 Å². The minimum atomic E-state index is -1.03. The molecule has 3 N–H and O–H groups in total. The van der Waals surface area contributed by atoms with Crippen LogP contribution in [0.15, 0.2) is 22.2 Å². The monoisotopic (exact) mass is 457 g/mol. The van der Waals surface area contributed by atoms with E-state index >= 15 is 0 Å². The van der Waals surface area contributed by atoms with Crippen LogP contribution in [-0.2, 0) is 9.47 Å². The van der Waals surface area contributed by atoms with Gasteiger partial charge in [0.05, 0.1) is 48.2 Å². The van der Waals surface area contributed by atoms with Gasteiger partial charge in [-0.05, 0) is 39.0 Å². The standard InChI is InChI=1S/C21H31NO6S2/c1-10(5-14(24)17-8-22-21(29-4)30-17)6-15-19(26)18(25)13(9-27-15)7-16-20(28-16)11(2)12(3)23/h5,8,11-13,15-16,18-20,23,25-26H,6-7,9H2,1-4H3/b10-5+/t11-,12-,13-,15-,16+,18+,19-,20-/m0/s1. The average molecular weight is 458 g/mol. The first kappa shape index (κ1) is 23.8. The van der Waals surface area contributed by atoms with Crippen LogP contribution in [0, 0.1) is 11.8 Å². The van der Waals surface area contributed by atoms with E-state index in [4.69, 9.17) is 9.47 Å². The first-order chi connectivity index (χ1) is 14.2. The van der Waals surface area contributed by atoms with Gasteiger partial charge in [0.15, 0.2) is 5.78 Å². The van der Waals surface area contributed by atoms with E-state index in [2.05, 4.69) is 4.98 Å². The number of hydrogen-bond donors (Lipinski definition) is 3. The zero-order chi connectivity index (χ0) is 22.0. The summed E-state index contributed by atoms with van der Waals surface area (Å²) in [6.45, 7) is 5.83. The summed E-state index contributed by atoms with van der Waals surface area (Å²) in [6, 6.07) is 0. The molecule has 0 spiro atoms. The zero-order valence-electron chi connectivity index (χ0n) is 17.7. The molecule has 9 heteroatoms. The predicted molar refractivity (Wildman–Crippen MR) is 116 cm³/mol. The number of rotatable bonds is 9. The first-order valence-corrected chi connectivity index (χ1v) is 12.3. The molecule has 2 saturated heterocycles. The summed E-state index contributed by atoms with van der Waals surface area (Å²) < 4.78 is 12.3. The van der Waals surface area contributed by atoms with Gasteiger partial charge in [0, 0.05) is 11.8 Å². The van der Waals surface area contributed by atoms with Crippen LogP contribution >= 0.6 is 23.1 Å². The second kappa shape index (κ2) is 10.2.